The van der Waals surface area contributed by atoms with Gasteiger partial charge in [0.25, 0.3) is 0 Å². The molecular weight excluding hydrogens is 508 g/mol. The SMILES string of the molecule is C[C@H]1OC(OP(=O)(O)OP(=O)(O)OC[C@H]2O[C@@H](n3ccc(N)nc3=O)[C@H](O)[C@@H]2O)[C@@H](O)C[C@@H]1O. The highest BCUT2D eigenvalue weighted by Gasteiger charge is 2.47. The van der Waals surface area contributed by atoms with Gasteiger partial charge >= 0.3 is 21.3 Å². The van der Waals surface area contributed by atoms with E-state index in [1.165, 1.54) is 13.0 Å². The molecule has 194 valence electrons. The second kappa shape index (κ2) is 10.4. The van der Waals surface area contributed by atoms with Gasteiger partial charge in [0.15, 0.2) is 12.5 Å². The molecule has 0 aliphatic carbocycles. The monoisotopic (exact) mass is 533 g/mol. The molecule has 3 heterocycles. The van der Waals surface area contributed by atoms with Crippen LogP contribution in [-0.2, 0) is 32.0 Å². The molecule has 0 bridgehead atoms. The summed E-state index contributed by atoms with van der Waals surface area (Å²) in [6.07, 6.45) is -10.7. The van der Waals surface area contributed by atoms with Crippen molar-refractivity contribution in [2.45, 2.75) is 62.5 Å². The van der Waals surface area contributed by atoms with E-state index in [2.05, 4.69) is 18.3 Å². The number of anilines is 1. The number of hydrogen-bond donors (Lipinski definition) is 7. The smallest absolute Gasteiger partial charge is 0.390 e. The molecule has 1 aromatic heterocycles. The molecule has 2 saturated heterocycles. The normalized spacial score (nSPS) is 37.7. The summed E-state index contributed by atoms with van der Waals surface area (Å²) in [4.78, 5) is 34.9. The fourth-order valence-corrected chi connectivity index (χ4v) is 5.40. The van der Waals surface area contributed by atoms with Crippen molar-refractivity contribution in [2.24, 2.45) is 0 Å². The van der Waals surface area contributed by atoms with Crippen LogP contribution in [0.25, 0.3) is 0 Å². The van der Waals surface area contributed by atoms with E-state index in [-0.39, 0.29) is 12.2 Å². The van der Waals surface area contributed by atoms with Crippen molar-refractivity contribution < 1.29 is 62.2 Å². The molecule has 2 aliphatic heterocycles. The van der Waals surface area contributed by atoms with E-state index in [9.17, 15) is 44.1 Å². The summed E-state index contributed by atoms with van der Waals surface area (Å²) < 4.78 is 48.7. The van der Waals surface area contributed by atoms with Gasteiger partial charge in [-0.3, -0.25) is 13.6 Å². The van der Waals surface area contributed by atoms with E-state index < -0.39 is 77.1 Å². The Hall–Kier alpha value is -1.30. The molecule has 2 aliphatic rings. The van der Waals surface area contributed by atoms with Gasteiger partial charge in [-0.25, -0.2) is 13.9 Å². The molecule has 10 atom stereocenters. The van der Waals surface area contributed by atoms with Gasteiger partial charge in [0.2, 0.25) is 0 Å². The first-order valence-electron chi connectivity index (χ1n) is 9.77. The number of nitrogens with two attached hydrogens (primary N) is 1. The molecule has 0 amide bonds. The molecule has 34 heavy (non-hydrogen) atoms. The van der Waals surface area contributed by atoms with Crippen LogP contribution in [0.2, 0.25) is 0 Å². The van der Waals surface area contributed by atoms with Crippen molar-refractivity contribution >= 4 is 21.5 Å². The number of rotatable bonds is 8. The average Bonchev–Trinajstić information content (AvgIpc) is 2.98. The van der Waals surface area contributed by atoms with Crippen LogP contribution >= 0.6 is 15.6 Å². The van der Waals surface area contributed by atoms with Gasteiger partial charge in [-0.1, -0.05) is 0 Å². The van der Waals surface area contributed by atoms with Crippen LogP contribution in [0.5, 0.6) is 0 Å². The van der Waals surface area contributed by atoms with Crippen molar-refractivity contribution in [3.63, 3.8) is 0 Å². The van der Waals surface area contributed by atoms with Crippen LogP contribution in [0.3, 0.4) is 0 Å². The lowest BCUT2D eigenvalue weighted by Gasteiger charge is -2.35. The molecule has 2 fully saturated rings. The van der Waals surface area contributed by atoms with E-state index in [0.29, 0.717) is 0 Å². The molecule has 0 saturated carbocycles. The van der Waals surface area contributed by atoms with Crippen LogP contribution in [0, 0.1) is 0 Å². The minimum Gasteiger partial charge on any atom is -0.390 e. The molecule has 1 aromatic rings. The molecular formula is C15H25N3O14P2. The van der Waals surface area contributed by atoms with E-state index in [1.54, 1.807) is 0 Å². The Morgan fingerprint density at radius 1 is 1.15 bits per heavy atom. The Balaban J connectivity index is 1.59. The summed E-state index contributed by atoms with van der Waals surface area (Å²) in [7, 11) is -10.7. The predicted octanol–water partition coefficient (Wildman–Crippen LogP) is -2.45. The van der Waals surface area contributed by atoms with Gasteiger partial charge in [-0.2, -0.15) is 9.29 Å². The van der Waals surface area contributed by atoms with Crippen molar-refractivity contribution in [1.29, 1.82) is 0 Å². The second-order valence-electron chi connectivity index (χ2n) is 7.59. The quantitative estimate of drug-likeness (QED) is 0.171. The van der Waals surface area contributed by atoms with Gasteiger partial charge in [0, 0.05) is 12.6 Å². The van der Waals surface area contributed by atoms with Gasteiger partial charge in [-0.15, -0.1) is 0 Å². The first kappa shape index (κ1) is 27.3. The Bertz CT molecular complexity index is 1020. The topological polar surface area (TPSA) is 263 Å². The van der Waals surface area contributed by atoms with Crippen LogP contribution in [0.15, 0.2) is 17.1 Å². The molecule has 17 nitrogen and oxygen atoms in total. The summed E-state index contributed by atoms with van der Waals surface area (Å²) in [5.41, 5.74) is 4.48. The zero-order chi connectivity index (χ0) is 25.4. The number of phosphoric acid groups is 2. The lowest BCUT2D eigenvalue weighted by Crippen LogP contribution is -2.46. The highest BCUT2D eigenvalue weighted by Crippen LogP contribution is 2.61. The first-order valence-corrected chi connectivity index (χ1v) is 12.8. The molecule has 0 spiro atoms. The maximum Gasteiger partial charge on any atom is 0.483 e. The molecule has 3 rings (SSSR count). The highest BCUT2D eigenvalue weighted by atomic mass is 31.3. The molecule has 0 radical (unpaired) electrons. The summed E-state index contributed by atoms with van der Waals surface area (Å²) in [5.74, 6) is -0.0973. The van der Waals surface area contributed by atoms with Crippen LogP contribution in [0.4, 0.5) is 5.82 Å². The minimum atomic E-state index is -5.35. The van der Waals surface area contributed by atoms with Crippen molar-refractivity contribution in [2.75, 3.05) is 12.3 Å². The Kier molecular flexibility index (Phi) is 8.32. The lowest BCUT2D eigenvalue weighted by molar-refractivity contribution is -0.233. The lowest BCUT2D eigenvalue weighted by atomic mass is 10.0. The first-order chi connectivity index (χ1) is 15.7. The number of nitrogens with zero attached hydrogens (tertiary/aromatic N) is 2. The van der Waals surface area contributed by atoms with Gasteiger partial charge in [-0.05, 0) is 13.0 Å². The zero-order valence-electron chi connectivity index (χ0n) is 17.5. The Labute approximate surface area is 191 Å². The second-order valence-corrected chi connectivity index (χ2v) is 10.6. The number of nitrogen functional groups attached to an aromatic ring is 1. The van der Waals surface area contributed by atoms with E-state index in [0.717, 1.165) is 10.8 Å². The maximum atomic E-state index is 12.1. The Morgan fingerprint density at radius 2 is 1.82 bits per heavy atom. The fourth-order valence-electron chi connectivity index (χ4n) is 3.23. The number of aromatic nitrogens is 2. The third-order valence-electron chi connectivity index (χ3n) is 5.00. The Morgan fingerprint density at radius 3 is 2.47 bits per heavy atom. The van der Waals surface area contributed by atoms with Crippen molar-refractivity contribution in [3.8, 4) is 0 Å². The van der Waals surface area contributed by atoms with E-state index in [4.69, 9.17) is 15.2 Å². The maximum absolute atomic E-state index is 12.1. The average molecular weight is 533 g/mol. The molecule has 19 heteroatoms. The molecule has 8 N–H and O–H groups in total. The van der Waals surface area contributed by atoms with Gasteiger partial charge in [0.05, 0.1) is 18.8 Å². The molecule has 0 aromatic carbocycles. The van der Waals surface area contributed by atoms with Crippen molar-refractivity contribution in [3.05, 3.63) is 22.7 Å². The fraction of sp³-hybridized carbons (Fsp3) is 0.733. The van der Waals surface area contributed by atoms with Gasteiger partial charge in [0.1, 0.15) is 30.2 Å². The van der Waals surface area contributed by atoms with Crippen LogP contribution < -0.4 is 11.4 Å². The summed E-state index contributed by atoms with van der Waals surface area (Å²) in [5, 5.41) is 39.7. The number of phosphoric ester groups is 2. The third-order valence-corrected chi connectivity index (χ3v) is 7.60. The number of aliphatic hydroxyl groups excluding tert-OH is 4. The largest absolute Gasteiger partial charge is 0.483 e. The van der Waals surface area contributed by atoms with Gasteiger partial charge < -0.3 is 45.4 Å². The predicted molar refractivity (Wildman–Crippen MR) is 108 cm³/mol. The standard InChI is InChI=1S/C15H25N3O14P2/c1-6-7(19)4-8(20)14(29-6)31-34(26,27)32-33(24,25)28-5-9-11(21)12(22)13(30-9)18-3-2-10(16)17-15(18)23/h2-3,6-9,11-14,19-22H,4-5H2,1H3,(H,24,25)(H,26,27)(H2,16,17,23)/t6-,7+,8+,9-,11-,12-,13-,14?/m1/s1. The third kappa shape index (κ3) is 6.47. The zero-order valence-corrected chi connectivity index (χ0v) is 19.3. The van der Waals surface area contributed by atoms with Crippen LogP contribution in [0.1, 0.15) is 19.6 Å². The summed E-state index contributed by atoms with van der Waals surface area (Å²) in [6.45, 7) is 0.477. The van der Waals surface area contributed by atoms with Crippen LogP contribution in [-0.4, -0.2) is 89.3 Å². The highest BCUT2D eigenvalue weighted by molar-refractivity contribution is 7.61. The summed E-state index contributed by atoms with van der Waals surface area (Å²) in [6, 6.07) is 1.23. The van der Waals surface area contributed by atoms with E-state index >= 15 is 0 Å². The number of hydrogen-bond acceptors (Lipinski definition) is 14. The van der Waals surface area contributed by atoms with Crippen molar-refractivity contribution in [1.82, 2.24) is 9.55 Å². The number of ether oxygens (including phenoxy) is 2. The van der Waals surface area contributed by atoms with E-state index in [1.807, 2.05) is 0 Å². The minimum absolute atomic E-state index is 0.0973. The summed E-state index contributed by atoms with van der Waals surface area (Å²) >= 11 is 0. The number of aliphatic hydroxyl groups is 4. The molecule has 3 unspecified atom stereocenters.